The highest BCUT2D eigenvalue weighted by molar-refractivity contribution is 6.33. The minimum Gasteiger partial charge on any atom is -0.324 e. The third kappa shape index (κ3) is 3.67. The highest BCUT2D eigenvalue weighted by Gasteiger charge is 2.08. The summed E-state index contributed by atoms with van der Waals surface area (Å²) in [5.74, 6) is -1.27. The molecule has 1 rings (SSSR count). The van der Waals surface area contributed by atoms with Crippen LogP contribution in [-0.4, -0.2) is 11.7 Å². The molecule has 0 bridgehead atoms. The molecule has 1 amide bonds. The van der Waals surface area contributed by atoms with Crippen LogP contribution in [0.25, 0.3) is 0 Å². The maximum Gasteiger partial charge on any atom is 0.231 e. The third-order valence-corrected chi connectivity index (χ3v) is 1.94. The van der Waals surface area contributed by atoms with Gasteiger partial charge < -0.3 is 5.32 Å². The Bertz CT molecular complexity index is 406. The van der Waals surface area contributed by atoms with E-state index in [1.54, 1.807) is 0 Å². The molecule has 0 saturated heterocycles. The van der Waals surface area contributed by atoms with Gasteiger partial charge in [0.15, 0.2) is 0 Å². The van der Waals surface area contributed by atoms with Crippen molar-refractivity contribution in [2.24, 2.45) is 0 Å². The lowest BCUT2D eigenvalue weighted by Crippen LogP contribution is -2.15. The van der Waals surface area contributed by atoms with E-state index >= 15 is 0 Å². The SMILES string of the molecule is CC(=O)CC(=O)Nc1cc(F)ccc1Cl. The number of carbonyl (C=O) groups excluding carboxylic acids is 2. The summed E-state index contributed by atoms with van der Waals surface area (Å²) in [5, 5.41) is 2.58. The molecule has 0 atom stereocenters. The number of hydrogen-bond acceptors (Lipinski definition) is 2. The molecule has 0 saturated carbocycles. The van der Waals surface area contributed by atoms with E-state index in [-0.39, 0.29) is 22.9 Å². The van der Waals surface area contributed by atoms with Gasteiger partial charge >= 0.3 is 0 Å². The minimum atomic E-state index is -0.505. The first-order valence-electron chi connectivity index (χ1n) is 4.23. The first-order chi connectivity index (χ1) is 6.99. The number of benzene rings is 1. The molecule has 1 aromatic carbocycles. The van der Waals surface area contributed by atoms with E-state index in [2.05, 4.69) is 5.32 Å². The predicted octanol–water partition coefficient (Wildman–Crippen LogP) is 2.40. The van der Waals surface area contributed by atoms with E-state index in [1.165, 1.54) is 19.1 Å². The number of hydrogen-bond donors (Lipinski definition) is 1. The van der Waals surface area contributed by atoms with E-state index in [4.69, 9.17) is 11.6 Å². The molecule has 0 fully saturated rings. The molecule has 3 nitrogen and oxygen atoms in total. The van der Waals surface area contributed by atoms with Crippen molar-refractivity contribution in [2.75, 3.05) is 5.32 Å². The number of ketones is 1. The molecule has 0 radical (unpaired) electrons. The van der Waals surface area contributed by atoms with Gasteiger partial charge in [0.05, 0.1) is 17.1 Å². The average Bonchev–Trinajstić information content (AvgIpc) is 2.10. The van der Waals surface area contributed by atoms with Gasteiger partial charge in [-0.05, 0) is 25.1 Å². The van der Waals surface area contributed by atoms with Crippen LogP contribution in [0.1, 0.15) is 13.3 Å². The van der Waals surface area contributed by atoms with Gasteiger partial charge in [0.25, 0.3) is 0 Å². The molecule has 0 aromatic heterocycles. The number of halogens is 2. The Hall–Kier alpha value is -1.42. The normalized spacial score (nSPS) is 9.80. The molecule has 5 heteroatoms. The van der Waals surface area contributed by atoms with Crippen LogP contribution in [0.3, 0.4) is 0 Å². The Kier molecular flexibility index (Phi) is 3.80. The highest BCUT2D eigenvalue weighted by atomic mass is 35.5. The van der Waals surface area contributed by atoms with Gasteiger partial charge in [-0.15, -0.1) is 0 Å². The number of carbonyl (C=O) groups is 2. The lowest BCUT2D eigenvalue weighted by molar-refractivity contribution is -0.124. The Morgan fingerprint density at radius 1 is 1.47 bits per heavy atom. The van der Waals surface area contributed by atoms with Crippen LogP contribution < -0.4 is 5.32 Å². The molecule has 0 heterocycles. The van der Waals surface area contributed by atoms with Gasteiger partial charge in [-0.2, -0.15) is 0 Å². The summed E-state index contributed by atoms with van der Waals surface area (Å²) < 4.78 is 12.8. The third-order valence-electron chi connectivity index (χ3n) is 1.61. The fraction of sp³-hybridized carbons (Fsp3) is 0.200. The summed E-state index contributed by atoms with van der Waals surface area (Å²) in [4.78, 5) is 21.8. The van der Waals surface area contributed by atoms with Gasteiger partial charge in [0.2, 0.25) is 5.91 Å². The van der Waals surface area contributed by atoms with Crippen molar-refractivity contribution >= 4 is 29.0 Å². The predicted molar refractivity (Wildman–Crippen MR) is 55.3 cm³/mol. The first-order valence-corrected chi connectivity index (χ1v) is 4.61. The van der Waals surface area contributed by atoms with Crippen molar-refractivity contribution < 1.29 is 14.0 Å². The number of anilines is 1. The van der Waals surface area contributed by atoms with Gasteiger partial charge in [-0.3, -0.25) is 9.59 Å². The van der Waals surface area contributed by atoms with Crippen molar-refractivity contribution in [3.63, 3.8) is 0 Å². The van der Waals surface area contributed by atoms with E-state index in [1.807, 2.05) is 0 Å². The molecule has 80 valence electrons. The topological polar surface area (TPSA) is 46.2 Å². The zero-order chi connectivity index (χ0) is 11.4. The van der Waals surface area contributed by atoms with Crippen molar-refractivity contribution in [1.82, 2.24) is 0 Å². The van der Waals surface area contributed by atoms with Crippen LogP contribution in [-0.2, 0) is 9.59 Å². The first kappa shape index (κ1) is 11.7. The second kappa shape index (κ2) is 4.89. The number of Topliss-reactive ketones (excluding diaryl/α,β-unsaturated/α-hetero) is 1. The summed E-state index contributed by atoms with van der Waals surface area (Å²) in [5.41, 5.74) is 0.169. The van der Waals surface area contributed by atoms with Crippen LogP contribution in [0.4, 0.5) is 10.1 Å². The lowest BCUT2D eigenvalue weighted by Gasteiger charge is -2.05. The van der Waals surface area contributed by atoms with Crippen LogP contribution >= 0.6 is 11.6 Å². The zero-order valence-electron chi connectivity index (χ0n) is 8.01. The molecule has 0 unspecified atom stereocenters. The van der Waals surface area contributed by atoms with Crippen LogP contribution in [0, 0.1) is 5.82 Å². The standard InChI is InChI=1S/C10H9ClFNO2/c1-6(14)4-10(15)13-9-5-7(12)2-3-8(9)11/h2-3,5H,4H2,1H3,(H,13,15). The van der Waals surface area contributed by atoms with Gasteiger partial charge in [0, 0.05) is 0 Å². The van der Waals surface area contributed by atoms with Crippen molar-refractivity contribution in [3.05, 3.63) is 29.0 Å². The Morgan fingerprint density at radius 3 is 2.73 bits per heavy atom. The quantitative estimate of drug-likeness (QED) is 0.809. The van der Waals surface area contributed by atoms with Crippen molar-refractivity contribution in [2.45, 2.75) is 13.3 Å². The summed E-state index contributed by atoms with van der Waals surface area (Å²) in [6.07, 6.45) is -0.243. The largest absolute Gasteiger partial charge is 0.324 e. The Balaban J connectivity index is 2.76. The number of amides is 1. The monoisotopic (exact) mass is 229 g/mol. The Labute approximate surface area is 91.2 Å². The fourth-order valence-electron chi connectivity index (χ4n) is 1.01. The smallest absolute Gasteiger partial charge is 0.231 e. The minimum absolute atomic E-state index is 0.169. The molecule has 0 aliphatic carbocycles. The van der Waals surface area contributed by atoms with Crippen molar-refractivity contribution in [3.8, 4) is 0 Å². The summed E-state index contributed by atoms with van der Waals surface area (Å²) in [7, 11) is 0. The van der Waals surface area contributed by atoms with Gasteiger partial charge in [0.1, 0.15) is 11.6 Å². The van der Waals surface area contributed by atoms with Crippen molar-refractivity contribution in [1.29, 1.82) is 0 Å². The van der Waals surface area contributed by atoms with Crippen LogP contribution in [0.5, 0.6) is 0 Å². The van der Waals surface area contributed by atoms with E-state index < -0.39 is 11.7 Å². The van der Waals surface area contributed by atoms with E-state index in [0.29, 0.717) is 0 Å². The number of nitrogens with one attached hydrogen (secondary N) is 1. The molecular formula is C10H9ClFNO2. The van der Waals surface area contributed by atoms with E-state index in [0.717, 1.165) is 6.07 Å². The molecule has 15 heavy (non-hydrogen) atoms. The fourth-order valence-corrected chi connectivity index (χ4v) is 1.18. The average molecular weight is 230 g/mol. The lowest BCUT2D eigenvalue weighted by atomic mass is 10.2. The van der Waals surface area contributed by atoms with Crippen LogP contribution in [0.15, 0.2) is 18.2 Å². The second-order valence-electron chi connectivity index (χ2n) is 3.05. The number of rotatable bonds is 3. The summed E-state index contributed by atoms with van der Waals surface area (Å²) in [6, 6.07) is 3.61. The maximum atomic E-state index is 12.8. The Morgan fingerprint density at radius 2 is 2.13 bits per heavy atom. The second-order valence-corrected chi connectivity index (χ2v) is 3.46. The highest BCUT2D eigenvalue weighted by Crippen LogP contribution is 2.22. The molecule has 0 aliphatic heterocycles. The van der Waals surface area contributed by atoms with Gasteiger partial charge in [-0.25, -0.2) is 4.39 Å². The molecule has 0 spiro atoms. The molecular weight excluding hydrogens is 221 g/mol. The van der Waals surface area contributed by atoms with Crippen LogP contribution in [0.2, 0.25) is 5.02 Å². The summed E-state index contributed by atoms with van der Waals surface area (Å²) >= 11 is 5.71. The molecule has 1 N–H and O–H groups in total. The maximum absolute atomic E-state index is 12.8. The van der Waals surface area contributed by atoms with Gasteiger partial charge in [-0.1, -0.05) is 11.6 Å². The molecule has 0 aliphatic rings. The zero-order valence-corrected chi connectivity index (χ0v) is 8.77. The summed E-state index contributed by atoms with van der Waals surface area (Å²) in [6.45, 7) is 1.30. The van der Waals surface area contributed by atoms with E-state index in [9.17, 15) is 14.0 Å². The molecule has 1 aromatic rings.